The summed E-state index contributed by atoms with van der Waals surface area (Å²) >= 11 is 0. The molecule has 1 aromatic carbocycles. The summed E-state index contributed by atoms with van der Waals surface area (Å²) in [5.41, 5.74) is 5.42. The zero-order chi connectivity index (χ0) is 16.2. The largest absolute Gasteiger partial charge is 0.407 e. The van der Waals surface area contributed by atoms with E-state index < -0.39 is 8.32 Å². The number of hydrogen-bond donors (Lipinski definition) is 0. The first kappa shape index (κ1) is 15.8. The van der Waals surface area contributed by atoms with Gasteiger partial charge in [0.2, 0.25) is 0 Å². The molecule has 1 aromatic rings. The van der Waals surface area contributed by atoms with Crippen LogP contribution in [-0.4, -0.2) is 13.9 Å². The van der Waals surface area contributed by atoms with Crippen LogP contribution in [0.4, 0.5) is 0 Å². The maximum atomic E-state index is 6.98. The molecule has 0 saturated heterocycles. The van der Waals surface area contributed by atoms with Crippen LogP contribution < -0.4 is 0 Å². The van der Waals surface area contributed by atoms with Gasteiger partial charge in [-0.05, 0) is 59.3 Å². The summed E-state index contributed by atoms with van der Waals surface area (Å²) in [5.74, 6) is 0. The van der Waals surface area contributed by atoms with Crippen molar-refractivity contribution >= 4 is 20.0 Å². The lowest BCUT2D eigenvalue weighted by molar-refractivity contribution is 0.117. The summed E-state index contributed by atoms with van der Waals surface area (Å²) < 4.78 is 6.98. The second-order valence-electron chi connectivity index (χ2n) is 8.31. The first-order chi connectivity index (χ1) is 10.2. The maximum Gasteiger partial charge on any atom is 0.193 e. The Labute approximate surface area is 136 Å². The van der Waals surface area contributed by atoms with Gasteiger partial charge in [0.15, 0.2) is 8.32 Å². The third kappa shape index (κ3) is 2.33. The van der Waals surface area contributed by atoms with Crippen molar-refractivity contribution in [1.29, 1.82) is 0 Å². The van der Waals surface area contributed by atoms with Crippen LogP contribution in [0.2, 0.25) is 18.1 Å². The second kappa shape index (κ2) is 4.94. The molecule has 1 nitrogen and oxygen atoms in total. The van der Waals surface area contributed by atoms with E-state index >= 15 is 0 Å². The Morgan fingerprint density at radius 2 is 2.00 bits per heavy atom. The van der Waals surface area contributed by atoms with E-state index in [9.17, 15) is 0 Å². The van der Waals surface area contributed by atoms with Crippen LogP contribution in [0.1, 0.15) is 50.3 Å². The van der Waals surface area contributed by atoms with E-state index in [1.165, 1.54) is 22.3 Å². The predicted molar refractivity (Wildman–Crippen MR) is 98.5 cm³/mol. The average molecular weight is 313 g/mol. The molecule has 0 radical (unpaired) electrons. The van der Waals surface area contributed by atoms with Gasteiger partial charge in [-0.3, -0.25) is 0 Å². The third-order valence-corrected chi connectivity index (χ3v) is 10.3. The molecule has 0 fully saturated rings. The molecule has 0 aliphatic heterocycles. The lowest BCUT2D eigenvalue weighted by Crippen LogP contribution is -2.49. The van der Waals surface area contributed by atoms with Crippen LogP contribution in [0.15, 0.2) is 30.9 Å². The molecule has 0 spiro atoms. The fourth-order valence-electron chi connectivity index (χ4n) is 3.53. The number of allylic oxidation sites excluding steroid dienone is 1. The fraction of sp³-hybridized carbons (Fsp3) is 0.500. The van der Waals surface area contributed by atoms with Crippen molar-refractivity contribution in [3.8, 4) is 0 Å². The molecule has 1 unspecified atom stereocenters. The number of fused-ring (bicyclic) bond motifs is 3. The third-order valence-electron chi connectivity index (χ3n) is 5.78. The Hall–Kier alpha value is -1.12. The Morgan fingerprint density at radius 1 is 1.27 bits per heavy atom. The molecule has 0 heterocycles. The van der Waals surface area contributed by atoms with Crippen molar-refractivity contribution in [2.45, 2.75) is 63.8 Å². The normalized spacial score (nSPS) is 24.0. The zero-order valence-electron chi connectivity index (χ0n) is 14.6. The van der Waals surface area contributed by atoms with Crippen molar-refractivity contribution in [2.24, 2.45) is 0 Å². The highest BCUT2D eigenvalue weighted by Crippen LogP contribution is 2.53. The zero-order valence-corrected chi connectivity index (χ0v) is 15.6. The number of rotatable bonds is 3. The van der Waals surface area contributed by atoms with Crippen molar-refractivity contribution in [2.75, 3.05) is 0 Å². The first-order valence-electron chi connectivity index (χ1n) is 8.35. The SMILES string of the molecule is C=Cc1ccc2c(c1)C1=CCCC1(O[Si](C)(C)C(C)(C)C)C2. The fourth-order valence-corrected chi connectivity index (χ4v) is 5.09. The minimum absolute atomic E-state index is 0.0644. The Bertz CT molecular complexity index is 648. The minimum atomic E-state index is -1.79. The number of benzene rings is 1. The van der Waals surface area contributed by atoms with E-state index in [0.717, 1.165) is 19.3 Å². The molecule has 0 bridgehead atoms. The van der Waals surface area contributed by atoms with E-state index in [0.29, 0.717) is 0 Å². The summed E-state index contributed by atoms with van der Waals surface area (Å²) in [6.45, 7) is 15.6. The van der Waals surface area contributed by atoms with E-state index in [2.05, 4.69) is 64.7 Å². The molecular formula is C20H28OSi. The van der Waals surface area contributed by atoms with E-state index in [1.54, 1.807) is 0 Å². The Kier molecular flexibility index (Phi) is 3.54. The van der Waals surface area contributed by atoms with Crippen LogP contribution in [0.3, 0.4) is 0 Å². The molecule has 0 saturated carbocycles. The van der Waals surface area contributed by atoms with Crippen LogP contribution in [0.25, 0.3) is 11.6 Å². The van der Waals surface area contributed by atoms with Gasteiger partial charge in [-0.2, -0.15) is 0 Å². The highest BCUT2D eigenvalue weighted by molar-refractivity contribution is 6.74. The molecule has 0 amide bonds. The molecule has 2 aliphatic rings. The van der Waals surface area contributed by atoms with E-state index in [4.69, 9.17) is 4.43 Å². The van der Waals surface area contributed by atoms with Gasteiger partial charge in [0, 0.05) is 6.42 Å². The quantitative estimate of drug-likeness (QED) is 0.639. The molecule has 1 atom stereocenters. The van der Waals surface area contributed by atoms with Crippen LogP contribution in [0, 0.1) is 0 Å². The summed E-state index contributed by atoms with van der Waals surface area (Å²) in [6, 6.07) is 6.73. The Morgan fingerprint density at radius 3 is 2.64 bits per heavy atom. The highest BCUT2D eigenvalue weighted by Gasteiger charge is 2.51. The van der Waals surface area contributed by atoms with Gasteiger partial charge in [0.1, 0.15) is 0 Å². The predicted octanol–water partition coefficient (Wildman–Crippen LogP) is 5.82. The van der Waals surface area contributed by atoms with E-state index in [1.807, 2.05) is 6.08 Å². The molecule has 2 heteroatoms. The van der Waals surface area contributed by atoms with Crippen LogP contribution in [0.5, 0.6) is 0 Å². The van der Waals surface area contributed by atoms with Gasteiger partial charge in [-0.25, -0.2) is 0 Å². The van der Waals surface area contributed by atoms with Crippen molar-refractivity contribution in [1.82, 2.24) is 0 Å². The van der Waals surface area contributed by atoms with Gasteiger partial charge in [-0.15, -0.1) is 0 Å². The molecular weight excluding hydrogens is 284 g/mol. The van der Waals surface area contributed by atoms with Crippen LogP contribution in [-0.2, 0) is 10.8 Å². The van der Waals surface area contributed by atoms with Crippen molar-refractivity contribution in [3.63, 3.8) is 0 Å². The minimum Gasteiger partial charge on any atom is -0.407 e. The molecule has 0 aromatic heterocycles. The van der Waals surface area contributed by atoms with Gasteiger partial charge in [0.05, 0.1) is 5.60 Å². The van der Waals surface area contributed by atoms with Gasteiger partial charge < -0.3 is 4.43 Å². The standard InChI is InChI=1S/C20H28OSi/c1-7-15-10-11-16-14-20(21-22(5,6)19(2,3)4)12-8-9-18(20)17(16)13-15/h7,9-11,13H,1,8,12,14H2,2-6H3. The van der Waals surface area contributed by atoms with Crippen molar-refractivity contribution < 1.29 is 4.43 Å². The molecule has 0 N–H and O–H groups in total. The molecule has 22 heavy (non-hydrogen) atoms. The van der Waals surface area contributed by atoms with Gasteiger partial charge >= 0.3 is 0 Å². The molecule has 118 valence electrons. The number of hydrogen-bond acceptors (Lipinski definition) is 1. The van der Waals surface area contributed by atoms with Crippen molar-refractivity contribution in [3.05, 3.63) is 47.5 Å². The summed E-state index contributed by atoms with van der Waals surface area (Å²) in [5, 5.41) is 0.247. The molecule has 3 rings (SSSR count). The highest BCUT2D eigenvalue weighted by atomic mass is 28.4. The van der Waals surface area contributed by atoms with Gasteiger partial charge in [0.25, 0.3) is 0 Å². The molecule has 2 aliphatic carbocycles. The smallest absolute Gasteiger partial charge is 0.193 e. The lowest BCUT2D eigenvalue weighted by Gasteiger charge is -2.43. The maximum absolute atomic E-state index is 6.98. The first-order valence-corrected chi connectivity index (χ1v) is 11.3. The summed E-state index contributed by atoms with van der Waals surface area (Å²) in [7, 11) is -1.79. The lowest BCUT2D eigenvalue weighted by atomic mass is 9.97. The van der Waals surface area contributed by atoms with Gasteiger partial charge in [-0.1, -0.05) is 51.6 Å². The average Bonchev–Trinajstić information content (AvgIpc) is 2.91. The topological polar surface area (TPSA) is 9.23 Å². The Balaban J connectivity index is 2.00. The summed E-state index contributed by atoms with van der Waals surface area (Å²) in [6.07, 6.45) is 7.66. The van der Waals surface area contributed by atoms with E-state index in [-0.39, 0.29) is 10.6 Å². The summed E-state index contributed by atoms with van der Waals surface area (Å²) in [4.78, 5) is 0. The monoisotopic (exact) mass is 312 g/mol. The van der Waals surface area contributed by atoms with Crippen LogP contribution >= 0.6 is 0 Å². The second-order valence-corrected chi connectivity index (χ2v) is 13.0.